The SMILES string of the molecule is O=C(Nc1cccc(OCc2nnc(-c3ccccc3)o2)c1)c1cccnc1. The molecule has 0 aliphatic heterocycles. The Morgan fingerprint density at radius 1 is 1.00 bits per heavy atom. The van der Waals surface area contributed by atoms with Crippen LogP contribution >= 0.6 is 0 Å². The Bertz CT molecular complexity index is 1070. The fraction of sp³-hybridized carbons (Fsp3) is 0.0476. The number of carbonyl (C=O) groups excluding carboxylic acids is 1. The first kappa shape index (κ1) is 17.4. The van der Waals surface area contributed by atoms with E-state index in [4.69, 9.17) is 9.15 Å². The summed E-state index contributed by atoms with van der Waals surface area (Å²) in [7, 11) is 0. The maximum absolute atomic E-state index is 12.2. The van der Waals surface area contributed by atoms with E-state index in [1.807, 2.05) is 30.3 Å². The summed E-state index contributed by atoms with van der Waals surface area (Å²) >= 11 is 0. The number of aromatic nitrogens is 3. The molecular weight excluding hydrogens is 356 g/mol. The molecular formula is C21H16N4O3. The highest BCUT2D eigenvalue weighted by Crippen LogP contribution is 2.21. The van der Waals surface area contributed by atoms with Crippen molar-refractivity contribution in [2.24, 2.45) is 0 Å². The van der Waals surface area contributed by atoms with Crippen LogP contribution in [0.15, 0.2) is 83.5 Å². The molecule has 0 radical (unpaired) electrons. The minimum atomic E-state index is -0.241. The third-order valence-corrected chi connectivity index (χ3v) is 3.87. The summed E-state index contributed by atoms with van der Waals surface area (Å²) in [6, 6.07) is 20.0. The van der Waals surface area contributed by atoms with Crippen LogP contribution in [0.3, 0.4) is 0 Å². The molecule has 4 aromatic rings. The quantitative estimate of drug-likeness (QED) is 0.551. The van der Waals surface area contributed by atoms with E-state index in [0.29, 0.717) is 28.8 Å². The van der Waals surface area contributed by atoms with Gasteiger partial charge < -0.3 is 14.5 Å². The van der Waals surface area contributed by atoms with Crippen LogP contribution in [0.4, 0.5) is 5.69 Å². The van der Waals surface area contributed by atoms with E-state index in [-0.39, 0.29) is 12.5 Å². The summed E-state index contributed by atoms with van der Waals surface area (Å²) in [5.74, 6) is 1.14. The van der Waals surface area contributed by atoms with Crippen LogP contribution in [0.5, 0.6) is 5.75 Å². The zero-order valence-corrected chi connectivity index (χ0v) is 14.8. The van der Waals surface area contributed by atoms with E-state index in [2.05, 4.69) is 20.5 Å². The monoisotopic (exact) mass is 372 g/mol. The van der Waals surface area contributed by atoms with Gasteiger partial charge in [-0.2, -0.15) is 0 Å². The average Bonchev–Trinajstić information content (AvgIpc) is 3.23. The molecule has 0 aliphatic rings. The number of hydrogen-bond acceptors (Lipinski definition) is 6. The molecule has 28 heavy (non-hydrogen) atoms. The minimum absolute atomic E-state index is 0.125. The molecule has 7 heteroatoms. The lowest BCUT2D eigenvalue weighted by Crippen LogP contribution is -2.12. The number of hydrogen-bond donors (Lipinski definition) is 1. The molecule has 1 amide bonds. The summed E-state index contributed by atoms with van der Waals surface area (Å²) in [6.07, 6.45) is 3.13. The lowest BCUT2D eigenvalue weighted by Gasteiger charge is -2.08. The molecule has 0 bridgehead atoms. The molecule has 4 rings (SSSR count). The van der Waals surface area contributed by atoms with Crippen molar-refractivity contribution in [2.45, 2.75) is 6.61 Å². The van der Waals surface area contributed by atoms with Crippen molar-refractivity contribution in [3.8, 4) is 17.2 Å². The molecule has 0 fully saturated rings. The molecule has 138 valence electrons. The molecule has 1 N–H and O–H groups in total. The van der Waals surface area contributed by atoms with Crippen molar-refractivity contribution in [1.29, 1.82) is 0 Å². The van der Waals surface area contributed by atoms with Crippen LogP contribution < -0.4 is 10.1 Å². The van der Waals surface area contributed by atoms with Crippen LogP contribution in [0, 0.1) is 0 Å². The highest BCUT2D eigenvalue weighted by atomic mass is 16.5. The Hall–Kier alpha value is -4.00. The topological polar surface area (TPSA) is 90.1 Å². The van der Waals surface area contributed by atoms with Crippen LogP contribution in [0.25, 0.3) is 11.5 Å². The fourth-order valence-corrected chi connectivity index (χ4v) is 2.52. The van der Waals surface area contributed by atoms with E-state index in [1.165, 1.54) is 6.20 Å². The third-order valence-electron chi connectivity index (χ3n) is 3.87. The van der Waals surface area contributed by atoms with Gasteiger partial charge >= 0.3 is 0 Å². The normalized spacial score (nSPS) is 10.4. The first-order chi connectivity index (χ1) is 13.8. The van der Waals surface area contributed by atoms with E-state index < -0.39 is 0 Å². The summed E-state index contributed by atoms with van der Waals surface area (Å²) in [5, 5.41) is 10.8. The lowest BCUT2D eigenvalue weighted by molar-refractivity contribution is 0.102. The van der Waals surface area contributed by atoms with Crippen LogP contribution in [-0.4, -0.2) is 21.1 Å². The predicted molar refractivity (Wildman–Crippen MR) is 103 cm³/mol. The molecule has 2 aromatic carbocycles. The zero-order valence-electron chi connectivity index (χ0n) is 14.8. The van der Waals surface area contributed by atoms with Crippen molar-refractivity contribution < 1.29 is 13.9 Å². The number of nitrogens with zero attached hydrogens (tertiary/aromatic N) is 3. The van der Waals surface area contributed by atoms with E-state index in [1.54, 1.807) is 42.6 Å². The number of pyridine rings is 1. The van der Waals surface area contributed by atoms with Gasteiger partial charge in [0.15, 0.2) is 6.61 Å². The Kier molecular flexibility index (Phi) is 5.06. The third kappa shape index (κ3) is 4.21. The number of carbonyl (C=O) groups is 1. The van der Waals surface area contributed by atoms with E-state index >= 15 is 0 Å². The van der Waals surface area contributed by atoms with Crippen molar-refractivity contribution in [3.63, 3.8) is 0 Å². The molecule has 0 unspecified atom stereocenters. The maximum Gasteiger partial charge on any atom is 0.257 e. The number of benzene rings is 2. The number of nitrogens with one attached hydrogen (secondary N) is 1. The second kappa shape index (κ2) is 8.13. The number of rotatable bonds is 6. The van der Waals surface area contributed by atoms with Gasteiger partial charge in [0.05, 0.1) is 5.56 Å². The van der Waals surface area contributed by atoms with E-state index in [0.717, 1.165) is 5.56 Å². The molecule has 2 aromatic heterocycles. The van der Waals surface area contributed by atoms with Crippen molar-refractivity contribution in [3.05, 3.63) is 90.6 Å². The Labute approximate surface area is 161 Å². The van der Waals surface area contributed by atoms with Crippen LogP contribution in [0.1, 0.15) is 16.2 Å². The van der Waals surface area contributed by atoms with Gasteiger partial charge in [-0.25, -0.2) is 0 Å². The first-order valence-corrected chi connectivity index (χ1v) is 8.60. The summed E-state index contributed by atoms with van der Waals surface area (Å²) in [4.78, 5) is 16.2. The van der Waals surface area contributed by atoms with Gasteiger partial charge in [0.1, 0.15) is 5.75 Å². The Morgan fingerprint density at radius 2 is 1.89 bits per heavy atom. The van der Waals surface area contributed by atoms with Gasteiger partial charge in [0, 0.05) is 29.7 Å². The summed E-state index contributed by atoms with van der Waals surface area (Å²) < 4.78 is 11.3. The van der Waals surface area contributed by atoms with Crippen LogP contribution in [0.2, 0.25) is 0 Å². The maximum atomic E-state index is 12.2. The average molecular weight is 372 g/mol. The second-order valence-corrected chi connectivity index (χ2v) is 5.88. The minimum Gasteiger partial charge on any atom is -0.484 e. The molecule has 0 atom stereocenters. The highest BCUT2D eigenvalue weighted by molar-refractivity contribution is 6.04. The van der Waals surface area contributed by atoms with Gasteiger partial charge in [-0.3, -0.25) is 9.78 Å². The van der Waals surface area contributed by atoms with Gasteiger partial charge in [0.25, 0.3) is 11.8 Å². The molecule has 2 heterocycles. The molecule has 0 aliphatic carbocycles. The highest BCUT2D eigenvalue weighted by Gasteiger charge is 2.10. The first-order valence-electron chi connectivity index (χ1n) is 8.60. The van der Waals surface area contributed by atoms with Crippen molar-refractivity contribution in [2.75, 3.05) is 5.32 Å². The summed E-state index contributed by atoms with van der Waals surface area (Å²) in [5.41, 5.74) is 1.94. The number of ether oxygens (including phenoxy) is 1. The molecule has 7 nitrogen and oxygen atoms in total. The van der Waals surface area contributed by atoms with Crippen molar-refractivity contribution in [1.82, 2.24) is 15.2 Å². The van der Waals surface area contributed by atoms with E-state index in [9.17, 15) is 4.79 Å². The van der Waals surface area contributed by atoms with Crippen molar-refractivity contribution >= 4 is 11.6 Å². The van der Waals surface area contributed by atoms with Gasteiger partial charge in [0.2, 0.25) is 5.89 Å². The molecule has 0 spiro atoms. The predicted octanol–water partition coefficient (Wildman–Crippen LogP) is 3.96. The lowest BCUT2D eigenvalue weighted by atomic mass is 10.2. The van der Waals surface area contributed by atoms with Gasteiger partial charge in [-0.15, -0.1) is 10.2 Å². The Morgan fingerprint density at radius 3 is 2.71 bits per heavy atom. The Balaban J connectivity index is 1.39. The number of amides is 1. The largest absolute Gasteiger partial charge is 0.484 e. The molecule has 0 saturated heterocycles. The molecule has 0 saturated carbocycles. The fourth-order valence-electron chi connectivity index (χ4n) is 2.52. The standard InChI is InChI=1S/C21H16N4O3/c26-20(16-8-5-11-22-13-16)23-17-9-4-10-18(12-17)27-14-19-24-25-21(28-19)15-6-2-1-3-7-15/h1-13H,14H2,(H,23,26). The number of anilines is 1. The van der Waals surface area contributed by atoms with Gasteiger partial charge in [-0.1, -0.05) is 24.3 Å². The van der Waals surface area contributed by atoms with Crippen LogP contribution in [-0.2, 0) is 6.61 Å². The smallest absolute Gasteiger partial charge is 0.257 e. The second-order valence-electron chi connectivity index (χ2n) is 5.88. The van der Waals surface area contributed by atoms with Gasteiger partial charge in [-0.05, 0) is 36.4 Å². The summed E-state index contributed by atoms with van der Waals surface area (Å²) in [6.45, 7) is 0.125. The zero-order chi connectivity index (χ0) is 19.2.